The number of benzene rings is 3. The van der Waals surface area contributed by atoms with Gasteiger partial charge in [-0.2, -0.15) is 0 Å². The standard InChI is InChI=1S/C23H15N3/c1-14-6-4-10-18-21(14)24-13-25-22(18)19-12-26-20-11-3-2-7-15(20)16-8-5-9-17(19)23(16)26/h2-13H,1H3. The maximum Gasteiger partial charge on any atom is 0.116 e. The van der Waals surface area contributed by atoms with E-state index in [0.29, 0.717) is 0 Å². The number of aromatic nitrogens is 3. The lowest BCUT2D eigenvalue weighted by atomic mass is 10.0. The molecule has 0 bridgehead atoms. The molecule has 0 radical (unpaired) electrons. The van der Waals surface area contributed by atoms with Crippen LogP contribution in [-0.4, -0.2) is 14.4 Å². The Bertz CT molecular complexity index is 1440. The Morgan fingerprint density at radius 3 is 2.46 bits per heavy atom. The van der Waals surface area contributed by atoms with E-state index in [4.69, 9.17) is 0 Å². The fourth-order valence-corrected chi connectivity index (χ4v) is 4.24. The first-order valence-electron chi connectivity index (χ1n) is 8.77. The summed E-state index contributed by atoms with van der Waals surface area (Å²) >= 11 is 0. The zero-order chi connectivity index (χ0) is 17.3. The van der Waals surface area contributed by atoms with Crippen LogP contribution in [0, 0.1) is 6.92 Å². The van der Waals surface area contributed by atoms with Crippen molar-refractivity contribution in [3.05, 3.63) is 78.8 Å². The van der Waals surface area contributed by atoms with Crippen molar-refractivity contribution < 1.29 is 0 Å². The third-order valence-electron chi connectivity index (χ3n) is 5.40. The molecule has 0 aliphatic rings. The van der Waals surface area contributed by atoms with Crippen LogP contribution in [0.2, 0.25) is 0 Å². The molecule has 3 heterocycles. The second-order valence-electron chi connectivity index (χ2n) is 6.83. The van der Waals surface area contributed by atoms with Gasteiger partial charge in [0, 0.05) is 33.3 Å². The molecule has 3 aromatic carbocycles. The summed E-state index contributed by atoms with van der Waals surface area (Å²) in [4.78, 5) is 9.17. The van der Waals surface area contributed by atoms with Gasteiger partial charge in [0.1, 0.15) is 6.33 Å². The first-order valence-corrected chi connectivity index (χ1v) is 8.77. The largest absolute Gasteiger partial charge is 0.315 e. The van der Waals surface area contributed by atoms with Crippen LogP contribution in [0.3, 0.4) is 0 Å². The lowest BCUT2D eigenvalue weighted by Gasteiger charge is -2.06. The zero-order valence-corrected chi connectivity index (χ0v) is 14.3. The molecule has 0 saturated heterocycles. The molecule has 26 heavy (non-hydrogen) atoms. The van der Waals surface area contributed by atoms with Crippen molar-refractivity contribution in [2.45, 2.75) is 6.92 Å². The van der Waals surface area contributed by atoms with Crippen LogP contribution in [0.4, 0.5) is 0 Å². The molecule has 6 aromatic rings. The van der Waals surface area contributed by atoms with Crippen LogP contribution >= 0.6 is 0 Å². The maximum atomic E-state index is 4.67. The molecular weight excluding hydrogens is 318 g/mol. The van der Waals surface area contributed by atoms with E-state index in [2.05, 4.69) is 88.2 Å². The summed E-state index contributed by atoms with van der Waals surface area (Å²) in [6.07, 6.45) is 3.90. The lowest BCUT2D eigenvalue weighted by molar-refractivity contribution is 1.21. The summed E-state index contributed by atoms with van der Waals surface area (Å²) in [6, 6.07) is 21.4. The molecule has 0 aliphatic carbocycles. The van der Waals surface area contributed by atoms with Crippen molar-refractivity contribution in [2.75, 3.05) is 0 Å². The van der Waals surface area contributed by atoms with Crippen LogP contribution in [0.25, 0.3) is 49.4 Å². The van der Waals surface area contributed by atoms with Gasteiger partial charge in [-0.1, -0.05) is 54.6 Å². The minimum Gasteiger partial charge on any atom is -0.315 e. The van der Waals surface area contributed by atoms with E-state index < -0.39 is 0 Å². The Balaban J connectivity index is 1.81. The van der Waals surface area contributed by atoms with Gasteiger partial charge >= 0.3 is 0 Å². The highest BCUT2D eigenvalue weighted by Crippen LogP contribution is 2.39. The molecule has 122 valence electrons. The number of rotatable bonds is 1. The van der Waals surface area contributed by atoms with Crippen molar-refractivity contribution in [3.63, 3.8) is 0 Å². The topological polar surface area (TPSA) is 30.2 Å². The average Bonchev–Trinajstić information content (AvgIpc) is 3.22. The van der Waals surface area contributed by atoms with Gasteiger partial charge in [-0.15, -0.1) is 0 Å². The van der Waals surface area contributed by atoms with Gasteiger partial charge in [0.15, 0.2) is 0 Å². The fraction of sp³-hybridized carbons (Fsp3) is 0.0435. The number of aryl methyl sites for hydroxylation is 1. The van der Waals surface area contributed by atoms with Gasteiger partial charge in [-0.05, 0) is 18.6 Å². The van der Waals surface area contributed by atoms with Gasteiger partial charge in [0.05, 0.1) is 22.2 Å². The molecule has 0 amide bonds. The van der Waals surface area contributed by atoms with E-state index in [9.17, 15) is 0 Å². The van der Waals surface area contributed by atoms with Gasteiger partial charge in [0.2, 0.25) is 0 Å². The minimum atomic E-state index is 0.999. The third-order valence-corrected chi connectivity index (χ3v) is 5.40. The van der Waals surface area contributed by atoms with Crippen LogP contribution in [0.15, 0.2) is 73.2 Å². The number of nitrogens with zero attached hydrogens (tertiary/aromatic N) is 3. The highest BCUT2D eigenvalue weighted by molar-refractivity contribution is 6.18. The summed E-state index contributed by atoms with van der Waals surface area (Å²) in [7, 11) is 0. The number of para-hydroxylation sites is 3. The monoisotopic (exact) mass is 333 g/mol. The van der Waals surface area contributed by atoms with E-state index in [-0.39, 0.29) is 0 Å². The smallest absolute Gasteiger partial charge is 0.116 e. The summed E-state index contributed by atoms with van der Waals surface area (Å²) < 4.78 is 2.30. The summed E-state index contributed by atoms with van der Waals surface area (Å²) in [6.45, 7) is 2.10. The van der Waals surface area contributed by atoms with Crippen LogP contribution in [0.1, 0.15) is 5.56 Å². The Hall–Kier alpha value is -3.46. The van der Waals surface area contributed by atoms with Crippen LogP contribution in [-0.2, 0) is 0 Å². The molecule has 0 fully saturated rings. The molecule has 0 N–H and O–H groups in total. The van der Waals surface area contributed by atoms with Crippen molar-refractivity contribution in [1.82, 2.24) is 14.4 Å². The fourth-order valence-electron chi connectivity index (χ4n) is 4.24. The van der Waals surface area contributed by atoms with Gasteiger partial charge in [0.25, 0.3) is 0 Å². The summed E-state index contributed by atoms with van der Waals surface area (Å²) in [5.74, 6) is 0. The number of fused-ring (bicyclic) bond motifs is 4. The average molecular weight is 333 g/mol. The van der Waals surface area contributed by atoms with Crippen molar-refractivity contribution in [2.24, 2.45) is 0 Å². The molecule has 3 aromatic heterocycles. The van der Waals surface area contributed by atoms with Gasteiger partial charge in [-0.25, -0.2) is 9.97 Å². The van der Waals surface area contributed by atoms with Gasteiger partial charge < -0.3 is 4.40 Å². The summed E-state index contributed by atoms with van der Waals surface area (Å²) in [5.41, 5.74) is 6.86. The molecule has 3 heteroatoms. The number of hydrogen-bond acceptors (Lipinski definition) is 2. The highest BCUT2D eigenvalue weighted by Gasteiger charge is 2.18. The minimum absolute atomic E-state index is 0.999. The second kappa shape index (κ2) is 4.79. The van der Waals surface area contributed by atoms with Crippen molar-refractivity contribution in [3.8, 4) is 11.3 Å². The Labute approximate surface area is 149 Å². The molecule has 0 spiro atoms. The molecule has 0 aliphatic heterocycles. The molecule has 6 rings (SSSR count). The Morgan fingerprint density at radius 2 is 1.50 bits per heavy atom. The quantitative estimate of drug-likeness (QED) is 0.392. The third kappa shape index (κ3) is 1.62. The molecule has 0 unspecified atom stereocenters. The highest BCUT2D eigenvalue weighted by atomic mass is 14.9. The van der Waals surface area contributed by atoms with E-state index in [1.54, 1.807) is 6.33 Å². The van der Waals surface area contributed by atoms with Crippen molar-refractivity contribution >= 4 is 38.1 Å². The zero-order valence-electron chi connectivity index (χ0n) is 14.3. The molecule has 0 atom stereocenters. The Kier molecular flexibility index (Phi) is 2.54. The van der Waals surface area contributed by atoms with E-state index in [1.807, 2.05) is 0 Å². The first-order chi connectivity index (χ1) is 12.8. The lowest BCUT2D eigenvalue weighted by Crippen LogP contribution is -1.90. The first kappa shape index (κ1) is 13.8. The molecule has 3 nitrogen and oxygen atoms in total. The predicted molar refractivity (Wildman–Crippen MR) is 107 cm³/mol. The number of hydrogen-bond donors (Lipinski definition) is 0. The van der Waals surface area contributed by atoms with E-state index >= 15 is 0 Å². The molecular formula is C23H15N3. The SMILES string of the molecule is Cc1cccc2c(-c3cn4c5ccccc5c5cccc3c54)ncnc12. The predicted octanol–water partition coefficient (Wildman–Crippen LogP) is 5.60. The Morgan fingerprint density at radius 1 is 0.731 bits per heavy atom. The molecule has 0 saturated carbocycles. The van der Waals surface area contributed by atoms with Crippen LogP contribution < -0.4 is 0 Å². The van der Waals surface area contributed by atoms with Crippen LogP contribution in [0.5, 0.6) is 0 Å². The summed E-state index contributed by atoms with van der Waals surface area (Å²) in [5, 5.41) is 4.92. The van der Waals surface area contributed by atoms with E-state index in [1.165, 1.54) is 32.8 Å². The maximum absolute atomic E-state index is 4.67. The van der Waals surface area contributed by atoms with E-state index in [0.717, 1.165) is 22.2 Å². The second-order valence-corrected chi connectivity index (χ2v) is 6.83. The van der Waals surface area contributed by atoms with Gasteiger partial charge in [-0.3, -0.25) is 0 Å². The normalized spacial score (nSPS) is 12.0. The van der Waals surface area contributed by atoms with Crippen molar-refractivity contribution in [1.29, 1.82) is 0 Å².